The molecular weight excluding hydrogens is 304 g/mol. The van der Waals surface area contributed by atoms with Gasteiger partial charge in [0.2, 0.25) is 5.91 Å². The second-order valence-corrected chi connectivity index (χ2v) is 4.79. The van der Waals surface area contributed by atoms with E-state index in [1.165, 1.54) is 6.07 Å². The van der Waals surface area contributed by atoms with Crippen LogP contribution in [0.1, 0.15) is 18.4 Å². The summed E-state index contributed by atoms with van der Waals surface area (Å²) in [5.41, 5.74) is 0.314. The van der Waals surface area contributed by atoms with Crippen molar-refractivity contribution in [3.63, 3.8) is 0 Å². The van der Waals surface area contributed by atoms with E-state index in [4.69, 9.17) is 4.74 Å². The van der Waals surface area contributed by atoms with E-state index in [2.05, 4.69) is 5.32 Å². The molecule has 0 saturated heterocycles. The summed E-state index contributed by atoms with van der Waals surface area (Å²) in [6.07, 6.45) is -0.393. The molecule has 0 spiro atoms. The SMILES string of the molecule is O=C(CCC(=O)OCc1ccccc1)Nc1c(F)cccc1F. The predicted molar refractivity (Wildman–Crippen MR) is 80.5 cm³/mol. The zero-order valence-electron chi connectivity index (χ0n) is 12.2. The standard InChI is InChI=1S/C17H15F2NO3/c18-13-7-4-8-14(19)17(13)20-15(21)9-10-16(22)23-11-12-5-2-1-3-6-12/h1-8H,9-11H2,(H,20,21). The molecule has 120 valence electrons. The maximum atomic E-state index is 13.4. The van der Waals surface area contributed by atoms with Crippen LogP contribution in [0.3, 0.4) is 0 Å². The maximum absolute atomic E-state index is 13.4. The van der Waals surface area contributed by atoms with E-state index in [-0.39, 0.29) is 19.4 Å². The van der Waals surface area contributed by atoms with Gasteiger partial charge in [-0.15, -0.1) is 0 Å². The van der Waals surface area contributed by atoms with Crippen molar-refractivity contribution in [1.82, 2.24) is 0 Å². The molecule has 1 N–H and O–H groups in total. The molecule has 0 bridgehead atoms. The lowest BCUT2D eigenvalue weighted by molar-refractivity contribution is -0.145. The molecule has 4 nitrogen and oxygen atoms in total. The van der Waals surface area contributed by atoms with Gasteiger partial charge in [0, 0.05) is 6.42 Å². The Hall–Kier alpha value is -2.76. The minimum absolute atomic E-state index is 0.114. The molecule has 6 heteroatoms. The lowest BCUT2D eigenvalue weighted by Crippen LogP contribution is -2.16. The summed E-state index contributed by atoms with van der Waals surface area (Å²) in [6.45, 7) is 0.114. The van der Waals surface area contributed by atoms with Crippen LogP contribution in [0.5, 0.6) is 0 Å². The number of anilines is 1. The number of hydrogen-bond donors (Lipinski definition) is 1. The number of para-hydroxylation sites is 1. The number of rotatable bonds is 6. The van der Waals surface area contributed by atoms with Gasteiger partial charge in [0.15, 0.2) is 0 Å². The number of hydrogen-bond acceptors (Lipinski definition) is 3. The van der Waals surface area contributed by atoms with Gasteiger partial charge in [-0.05, 0) is 17.7 Å². The smallest absolute Gasteiger partial charge is 0.306 e. The largest absolute Gasteiger partial charge is 0.461 e. The maximum Gasteiger partial charge on any atom is 0.306 e. The Morgan fingerprint density at radius 3 is 2.22 bits per heavy atom. The first kappa shape index (κ1) is 16.6. The van der Waals surface area contributed by atoms with Crippen LogP contribution in [0.25, 0.3) is 0 Å². The van der Waals surface area contributed by atoms with Crippen molar-refractivity contribution in [3.8, 4) is 0 Å². The molecule has 1 amide bonds. The Labute approximate surface area is 132 Å². The molecule has 2 rings (SSSR count). The second-order valence-electron chi connectivity index (χ2n) is 4.79. The van der Waals surface area contributed by atoms with Crippen LogP contribution in [0, 0.1) is 11.6 Å². The van der Waals surface area contributed by atoms with E-state index in [0.29, 0.717) is 0 Å². The lowest BCUT2D eigenvalue weighted by atomic mass is 10.2. The molecule has 0 aliphatic rings. The average Bonchev–Trinajstić information content (AvgIpc) is 2.55. The van der Waals surface area contributed by atoms with Crippen LogP contribution < -0.4 is 5.32 Å². The van der Waals surface area contributed by atoms with E-state index >= 15 is 0 Å². The summed E-state index contributed by atoms with van der Waals surface area (Å²) in [4.78, 5) is 23.2. The van der Waals surface area contributed by atoms with Gasteiger partial charge in [0.05, 0.1) is 6.42 Å². The van der Waals surface area contributed by atoms with Gasteiger partial charge in [-0.2, -0.15) is 0 Å². The second kappa shape index (κ2) is 8.03. The topological polar surface area (TPSA) is 55.4 Å². The van der Waals surface area contributed by atoms with Crippen molar-refractivity contribution in [2.24, 2.45) is 0 Å². The zero-order valence-corrected chi connectivity index (χ0v) is 12.2. The molecule has 0 aliphatic carbocycles. The fourth-order valence-corrected chi connectivity index (χ4v) is 1.84. The molecule has 2 aromatic carbocycles. The van der Waals surface area contributed by atoms with Crippen molar-refractivity contribution in [1.29, 1.82) is 0 Å². The molecule has 2 aromatic rings. The van der Waals surface area contributed by atoms with Gasteiger partial charge in [-0.3, -0.25) is 9.59 Å². The van der Waals surface area contributed by atoms with Crippen LogP contribution in [0.15, 0.2) is 48.5 Å². The van der Waals surface area contributed by atoms with Crippen molar-refractivity contribution < 1.29 is 23.1 Å². The van der Waals surface area contributed by atoms with Gasteiger partial charge in [0.25, 0.3) is 0 Å². The Morgan fingerprint density at radius 2 is 1.57 bits per heavy atom. The molecule has 0 unspecified atom stereocenters. The molecule has 0 aromatic heterocycles. The third kappa shape index (κ3) is 5.18. The highest BCUT2D eigenvalue weighted by atomic mass is 19.1. The van der Waals surface area contributed by atoms with E-state index in [9.17, 15) is 18.4 Å². The van der Waals surface area contributed by atoms with E-state index in [1.54, 1.807) is 12.1 Å². The van der Waals surface area contributed by atoms with Crippen molar-refractivity contribution in [3.05, 3.63) is 65.7 Å². The minimum atomic E-state index is -0.870. The number of carbonyl (C=O) groups excluding carboxylic acids is 2. The van der Waals surface area contributed by atoms with Crippen molar-refractivity contribution in [2.45, 2.75) is 19.4 Å². The summed E-state index contributed by atoms with van der Waals surface area (Å²) in [5.74, 6) is -2.96. The predicted octanol–water partition coefficient (Wildman–Crippen LogP) is 3.43. The first-order chi connectivity index (χ1) is 11.1. The molecule has 0 fully saturated rings. The summed E-state index contributed by atoms with van der Waals surface area (Å²) in [7, 11) is 0. The van der Waals surface area contributed by atoms with E-state index in [1.807, 2.05) is 18.2 Å². The van der Waals surface area contributed by atoms with Gasteiger partial charge in [0.1, 0.15) is 23.9 Å². The highest BCUT2D eigenvalue weighted by Crippen LogP contribution is 2.18. The number of carbonyl (C=O) groups is 2. The summed E-state index contributed by atoms with van der Waals surface area (Å²) < 4.78 is 31.8. The molecule has 0 heterocycles. The Morgan fingerprint density at radius 1 is 0.913 bits per heavy atom. The van der Waals surface area contributed by atoms with Gasteiger partial charge >= 0.3 is 5.97 Å². The average molecular weight is 319 g/mol. The number of halogens is 2. The number of benzene rings is 2. The fourth-order valence-electron chi connectivity index (χ4n) is 1.84. The molecule has 0 radical (unpaired) electrons. The third-order valence-corrected chi connectivity index (χ3v) is 3.03. The van der Waals surface area contributed by atoms with Crippen molar-refractivity contribution in [2.75, 3.05) is 5.32 Å². The van der Waals surface area contributed by atoms with Gasteiger partial charge in [-0.25, -0.2) is 8.78 Å². The van der Waals surface area contributed by atoms with Crippen LogP contribution >= 0.6 is 0 Å². The van der Waals surface area contributed by atoms with E-state index < -0.39 is 29.2 Å². The summed E-state index contributed by atoms with van der Waals surface area (Å²) >= 11 is 0. The molecule has 0 saturated carbocycles. The quantitative estimate of drug-likeness (QED) is 0.830. The Balaban J connectivity index is 1.77. The van der Waals surface area contributed by atoms with Gasteiger partial charge in [-0.1, -0.05) is 36.4 Å². The Bertz CT molecular complexity index is 669. The molecule has 0 atom stereocenters. The molecule has 0 aliphatic heterocycles. The number of ether oxygens (including phenoxy) is 1. The van der Waals surface area contributed by atoms with E-state index in [0.717, 1.165) is 17.7 Å². The highest BCUT2D eigenvalue weighted by Gasteiger charge is 2.13. The van der Waals surface area contributed by atoms with Gasteiger partial charge < -0.3 is 10.1 Å². The molecule has 23 heavy (non-hydrogen) atoms. The summed E-state index contributed by atoms with van der Waals surface area (Å²) in [5, 5.41) is 2.11. The monoisotopic (exact) mass is 319 g/mol. The number of nitrogens with one attached hydrogen (secondary N) is 1. The highest BCUT2D eigenvalue weighted by molar-refractivity contribution is 5.92. The Kier molecular flexibility index (Phi) is 5.80. The third-order valence-electron chi connectivity index (χ3n) is 3.03. The number of esters is 1. The van der Waals surface area contributed by atoms with Crippen molar-refractivity contribution >= 4 is 17.6 Å². The molecular formula is C17H15F2NO3. The fraction of sp³-hybridized carbons (Fsp3) is 0.176. The van der Waals surface area contributed by atoms with Crippen LogP contribution in [-0.4, -0.2) is 11.9 Å². The first-order valence-electron chi connectivity index (χ1n) is 6.99. The minimum Gasteiger partial charge on any atom is -0.461 e. The van der Waals surface area contributed by atoms with Crippen LogP contribution in [0.4, 0.5) is 14.5 Å². The summed E-state index contributed by atoms with van der Waals surface area (Å²) in [6, 6.07) is 12.4. The van der Waals surface area contributed by atoms with Crippen LogP contribution in [-0.2, 0) is 20.9 Å². The zero-order chi connectivity index (χ0) is 16.7. The lowest BCUT2D eigenvalue weighted by Gasteiger charge is -2.08. The van der Waals surface area contributed by atoms with Crippen LogP contribution in [0.2, 0.25) is 0 Å². The first-order valence-corrected chi connectivity index (χ1v) is 6.99. The normalized spacial score (nSPS) is 10.2. The number of amides is 1.